The number of para-hydroxylation sites is 1. The predicted molar refractivity (Wildman–Crippen MR) is 133 cm³/mol. The molecule has 0 aliphatic heterocycles. The van der Waals surface area contributed by atoms with Gasteiger partial charge in [0.15, 0.2) is 0 Å². The molecule has 0 saturated carbocycles. The maximum absolute atomic E-state index is 13.1. The lowest BCUT2D eigenvalue weighted by molar-refractivity contribution is 0.0933. The van der Waals surface area contributed by atoms with Crippen molar-refractivity contribution in [3.05, 3.63) is 103 Å². The molecule has 0 saturated heterocycles. The van der Waals surface area contributed by atoms with Gasteiger partial charge in [0.25, 0.3) is 15.9 Å². The van der Waals surface area contributed by atoms with Crippen LogP contribution in [0, 0.1) is 0 Å². The Labute approximate surface area is 199 Å². The van der Waals surface area contributed by atoms with E-state index in [1.807, 2.05) is 43.3 Å². The second-order valence-electron chi connectivity index (χ2n) is 7.82. The van der Waals surface area contributed by atoms with Crippen LogP contribution in [0.15, 0.2) is 96.0 Å². The highest BCUT2D eigenvalue weighted by atomic mass is 32.2. The summed E-state index contributed by atoms with van der Waals surface area (Å²) >= 11 is 0. The number of hydrogen-bond acceptors (Lipinski definition) is 4. The SMILES string of the molecule is CC[C@@H](NC(=O)c1cccc(S(=O)(=O)N(C)c2ccccc2)c1)c1ncc(-c2ccccc2)[nH]1. The van der Waals surface area contributed by atoms with Crippen LogP contribution < -0.4 is 9.62 Å². The van der Waals surface area contributed by atoms with Crippen LogP contribution in [0.4, 0.5) is 5.69 Å². The van der Waals surface area contributed by atoms with Crippen molar-refractivity contribution in [3.8, 4) is 11.3 Å². The summed E-state index contributed by atoms with van der Waals surface area (Å²) in [5.41, 5.74) is 2.66. The highest BCUT2D eigenvalue weighted by molar-refractivity contribution is 7.92. The average molecular weight is 475 g/mol. The number of anilines is 1. The first-order chi connectivity index (χ1) is 16.4. The molecule has 174 valence electrons. The van der Waals surface area contributed by atoms with Gasteiger partial charge in [-0.3, -0.25) is 9.10 Å². The molecule has 1 atom stereocenters. The van der Waals surface area contributed by atoms with Gasteiger partial charge in [0.05, 0.1) is 28.5 Å². The predicted octanol–water partition coefficient (Wildman–Crippen LogP) is 4.78. The quantitative estimate of drug-likeness (QED) is 0.384. The molecule has 0 aliphatic carbocycles. The molecule has 0 fully saturated rings. The summed E-state index contributed by atoms with van der Waals surface area (Å²) in [4.78, 5) is 20.8. The third-order valence-electron chi connectivity index (χ3n) is 5.60. The number of carbonyl (C=O) groups is 1. The second kappa shape index (κ2) is 9.93. The van der Waals surface area contributed by atoms with E-state index >= 15 is 0 Å². The number of sulfonamides is 1. The monoisotopic (exact) mass is 474 g/mol. The highest BCUT2D eigenvalue weighted by Crippen LogP contribution is 2.24. The van der Waals surface area contributed by atoms with Crippen molar-refractivity contribution in [2.24, 2.45) is 0 Å². The number of hydrogen-bond donors (Lipinski definition) is 2. The Morgan fingerprint density at radius 3 is 2.35 bits per heavy atom. The van der Waals surface area contributed by atoms with Gasteiger partial charge in [0, 0.05) is 12.6 Å². The van der Waals surface area contributed by atoms with Crippen LogP contribution in [0.2, 0.25) is 0 Å². The van der Waals surface area contributed by atoms with E-state index in [-0.39, 0.29) is 22.4 Å². The molecule has 2 N–H and O–H groups in total. The van der Waals surface area contributed by atoms with Gasteiger partial charge in [-0.1, -0.05) is 61.5 Å². The van der Waals surface area contributed by atoms with Gasteiger partial charge in [0.1, 0.15) is 5.82 Å². The zero-order valence-corrected chi connectivity index (χ0v) is 19.8. The summed E-state index contributed by atoms with van der Waals surface area (Å²) < 4.78 is 27.4. The number of nitrogens with one attached hydrogen (secondary N) is 2. The maximum atomic E-state index is 13.1. The number of benzene rings is 3. The van der Waals surface area contributed by atoms with Crippen LogP contribution in [0.5, 0.6) is 0 Å². The molecule has 1 aromatic heterocycles. The minimum atomic E-state index is -3.83. The third kappa shape index (κ3) is 4.87. The molecular weight excluding hydrogens is 448 g/mol. The normalized spacial score (nSPS) is 12.2. The summed E-state index contributed by atoms with van der Waals surface area (Å²) in [6, 6.07) is 24.3. The average Bonchev–Trinajstić information content (AvgIpc) is 3.38. The van der Waals surface area contributed by atoms with E-state index in [1.54, 1.807) is 42.6 Å². The molecule has 0 bridgehead atoms. The van der Waals surface area contributed by atoms with Crippen molar-refractivity contribution >= 4 is 21.6 Å². The van der Waals surface area contributed by atoms with Gasteiger partial charge in [-0.2, -0.15) is 0 Å². The Kier molecular flexibility index (Phi) is 6.79. The Hall–Kier alpha value is -3.91. The van der Waals surface area contributed by atoms with Crippen LogP contribution in [-0.4, -0.2) is 31.3 Å². The largest absolute Gasteiger partial charge is 0.342 e. The van der Waals surface area contributed by atoms with Crippen LogP contribution in [0.3, 0.4) is 0 Å². The molecule has 1 amide bonds. The van der Waals surface area contributed by atoms with Crippen molar-refractivity contribution in [3.63, 3.8) is 0 Å². The first kappa shape index (κ1) is 23.3. The molecule has 0 radical (unpaired) electrons. The van der Waals surface area contributed by atoms with E-state index < -0.39 is 10.0 Å². The molecule has 0 unspecified atom stereocenters. The van der Waals surface area contributed by atoms with E-state index in [4.69, 9.17) is 0 Å². The molecule has 1 heterocycles. The first-order valence-electron chi connectivity index (χ1n) is 11.0. The van der Waals surface area contributed by atoms with Gasteiger partial charge in [-0.15, -0.1) is 0 Å². The van der Waals surface area contributed by atoms with E-state index in [0.29, 0.717) is 17.9 Å². The summed E-state index contributed by atoms with van der Waals surface area (Å²) in [5.74, 6) is 0.270. The zero-order chi connectivity index (χ0) is 24.1. The minimum absolute atomic E-state index is 0.0453. The van der Waals surface area contributed by atoms with Crippen LogP contribution in [-0.2, 0) is 10.0 Å². The molecule has 3 aromatic carbocycles. The molecule has 0 spiro atoms. The second-order valence-corrected chi connectivity index (χ2v) is 9.79. The number of rotatable bonds is 8. The van der Waals surface area contributed by atoms with Crippen molar-refractivity contribution < 1.29 is 13.2 Å². The number of aromatic nitrogens is 2. The molecular formula is C26H26N4O3S. The fourth-order valence-electron chi connectivity index (χ4n) is 3.62. The minimum Gasteiger partial charge on any atom is -0.342 e. The van der Waals surface area contributed by atoms with Crippen LogP contribution in [0.1, 0.15) is 35.6 Å². The molecule has 34 heavy (non-hydrogen) atoms. The number of amides is 1. The summed E-state index contributed by atoms with van der Waals surface area (Å²) in [5, 5.41) is 2.96. The smallest absolute Gasteiger partial charge is 0.264 e. The van der Waals surface area contributed by atoms with Gasteiger partial charge in [-0.05, 0) is 42.3 Å². The fraction of sp³-hybridized carbons (Fsp3) is 0.154. The standard InChI is InChI=1S/C26H26N4O3S/c1-3-23(25-27-18-24(28-25)19-11-6-4-7-12-19)29-26(31)20-13-10-16-22(17-20)34(32,33)30(2)21-14-8-5-9-15-21/h4-18,23H,3H2,1-2H3,(H,27,28)(H,29,31)/t23-/m1/s1. The topological polar surface area (TPSA) is 95.2 Å². The Bertz CT molecular complexity index is 1370. The zero-order valence-electron chi connectivity index (χ0n) is 19.0. The van der Waals surface area contributed by atoms with Crippen LogP contribution in [0.25, 0.3) is 11.3 Å². The number of aromatic amines is 1. The highest BCUT2D eigenvalue weighted by Gasteiger charge is 2.23. The summed E-state index contributed by atoms with van der Waals surface area (Å²) in [7, 11) is -2.33. The van der Waals surface area contributed by atoms with Crippen molar-refractivity contribution in [2.75, 3.05) is 11.4 Å². The molecule has 4 aromatic rings. The van der Waals surface area contributed by atoms with E-state index in [9.17, 15) is 13.2 Å². The Morgan fingerprint density at radius 2 is 1.68 bits per heavy atom. The Morgan fingerprint density at radius 1 is 1.00 bits per heavy atom. The lowest BCUT2D eigenvalue weighted by atomic mass is 10.1. The third-order valence-corrected chi connectivity index (χ3v) is 7.38. The van der Waals surface area contributed by atoms with Crippen molar-refractivity contribution in [2.45, 2.75) is 24.3 Å². The van der Waals surface area contributed by atoms with Crippen molar-refractivity contribution in [1.29, 1.82) is 0 Å². The fourth-order valence-corrected chi connectivity index (χ4v) is 4.86. The number of H-pyrrole nitrogens is 1. The van der Waals surface area contributed by atoms with Gasteiger partial charge in [0.2, 0.25) is 0 Å². The number of imidazole rings is 1. The molecule has 7 nitrogen and oxygen atoms in total. The van der Waals surface area contributed by atoms with E-state index in [1.165, 1.54) is 23.5 Å². The molecule has 8 heteroatoms. The lowest BCUT2D eigenvalue weighted by Crippen LogP contribution is -2.30. The van der Waals surface area contributed by atoms with E-state index in [2.05, 4.69) is 15.3 Å². The number of nitrogens with zero attached hydrogens (tertiary/aromatic N) is 2. The van der Waals surface area contributed by atoms with Gasteiger partial charge < -0.3 is 10.3 Å². The van der Waals surface area contributed by atoms with Crippen molar-refractivity contribution in [1.82, 2.24) is 15.3 Å². The lowest BCUT2D eigenvalue weighted by Gasteiger charge is -2.20. The van der Waals surface area contributed by atoms with Crippen LogP contribution >= 0.6 is 0 Å². The summed E-state index contributed by atoms with van der Waals surface area (Å²) in [6.07, 6.45) is 2.36. The molecule has 4 rings (SSSR count). The van der Waals surface area contributed by atoms with Gasteiger partial charge in [-0.25, -0.2) is 13.4 Å². The number of carbonyl (C=O) groups excluding carboxylic acids is 1. The molecule has 0 aliphatic rings. The van der Waals surface area contributed by atoms with Gasteiger partial charge >= 0.3 is 0 Å². The first-order valence-corrected chi connectivity index (χ1v) is 12.4. The Balaban J connectivity index is 1.53. The maximum Gasteiger partial charge on any atom is 0.264 e. The van der Waals surface area contributed by atoms with E-state index in [0.717, 1.165) is 11.3 Å². The summed E-state index contributed by atoms with van der Waals surface area (Å²) in [6.45, 7) is 1.95.